The van der Waals surface area contributed by atoms with Crippen LogP contribution in [0.2, 0.25) is 0 Å². The first-order valence-corrected chi connectivity index (χ1v) is 8.07. The van der Waals surface area contributed by atoms with Crippen LogP contribution in [-0.2, 0) is 11.3 Å². The first-order valence-electron chi connectivity index (χ1n) is 8.07. The van der Waals surface area contributed by atoms with Gasteiger partial charge in [0.15, 0.2) is 0 Å². The number of benzene rings is 1. The minimum Gasteiger partial charge on any atom is -0.351 e. The van der Waals surface area contributed by atoms with Crippen molar-refractivity contribution in [2.75, 3.05) is 0 Å². The van der Waals surface area contributed by atoms with Gasteiger partial charge in [-0.05, 0) is 30.9 Å². The van der Waals surface area contributed by atoms with Crippen LogP contribution in [0.4, 0.5) is 0 Å². The molecule has 2 N–H and O–H groups in total. The second kappa shape index (κ2) is 6.40. The van der Waals surface area contributed by atoms with Gasteiger partial charge in [-0.3, -0.25) is 19.5 Å². The predicted molar refractivity (Wildman–Crippen MR) is 88.4 cm³/mol. The third kappa shape index (κ3) is 3.21. The lowest BCUT2D eigenvalue weighted by molar-refractivity contribution is -0.123. The largest absolute Gasteiger partial charge is 0.351 e. The van der Waals surface area contributed by atoms with E-state index in [9.17, 15) is 14.4 Å². The van der Waals surface area contributed by atoms with Crippen LogP contribution in [0.25, 0.3) is 10.8 Å². The molecule has 1 heterocycles. The summed E-state index contributed by atoms with van der Waals surface area (Å²) < 4.78 is 1.09. The minimum atomic E-state index is -0.362. The van der Waals surface area contributed by atoms with Crippen LogP contribution in [0.15, 0.2) is 33.9 Å². The zero-order valence-electron chi connectivity index (χ0n) is 13.2. The first kappa shape index (κ1) is 15.5. The molecule has 1 aromatic carbocycles. The molecule has 1 saturated carbocycles. The molecule has 0 radical (unpaired) electrons. The Bertz CT molecular complexity index is 837. The lowest BCUT2D eigenvalue weighted by Gasteiger charge is -2.29. The van der Waals surface area contributed by atoms with Gasteiger partial charge in [-0.1, -0.05) is 31.9 Å². The summed E-state index contributed by atoms with van der Waals surface area (Å²) in [6.45, 7) is 1.97. The number of aromatic amines is 1. The fraction of sp³-hybridized carbons (Fsp3) is 0.471. The van der Waals surface area contributed by atoms with Gasteiger partial charge in [-0.2, -0.15) is 0 Å². The van der Waals surface area contributed by atoms with E-state index in [0.717, 1.165) is 23.9 Å². The highest BCUT2D eigenvalue weighted by Crippen LogP contribution is 2.23. The van der Waals surface area contributed by atoms with Crippen LogP contribution in [-0.4, -0.2) is 21.7 Å². The summed E-state index contributed by atoms with van der Waals surface area (Å²) in [7, 11) is 0. The number of H-pyrrole nitrogens is 1. The van der Waals surface area contributed by atoms with Crippen LogP contribution in [0, 0.1) is 5.92 Å². The van der Waals surface area contributed by atoms with Crippen molar-refractivity contribution in [2.45, 2.75) is 45.2 Å². The maximum atomic E-state index is 12.4. The number of nitrogens with zero attached hydrogens (tertiary/aromatic N) is 1. The zero-order chi connectivity index (χ0) is 16.4. The van der Waals surface area contributed by atoms with E-state index in [0.29, 0.717) is 16.7 Å². The van der Waals surface area contributed by atoms with Gasteiger partial charge >= 0.3 is 0 Å². The SMILES string of the molecule is C[C@H]1CCCC[C@@H]1NC(=O)Cn1[nH]c(=O)c2ccccc2c1=O. The predicted octanol–water partition coefficient (Wildman–Crippen LogP) is 1.38. The Kier molecular flexibility index (Phi) is 4.32. The van der Waals surface area contributed by atoms with Crippen LogP contribution < -0.4 is 16.4 Å². The molecule has 1 fully saturated rings. The van der Waals surface area contributed by atoms with Crippen molar-refractivity contribution in [1.29, 1.82) is 0 Å². The number of aromatic nitrogens is 2. The van der Waals surface area contributed by atoms with E-state index in [4.69, 9.17) is 0 Å². The molecule has 122 valence electrons. The van der Waals surface area contributed by atoms with Gasteiger partial charge in [0, 0.05) is 6.04 Å². The number of carbonyl (C=O) groups excluding carboxylic acids is 1. The average molecular weight is 315 g/mol. The molecule has 1 amide bonds. The topological polar surface area (TPSA) is 84.0 Å². The summed E-state index contributed by atoms with van der Waals surface area (Å²) >= 11 is 0. The van der Waals surface area contributed by atoms with Crippen molar-refractivity contribution in [1.82, 2.24) is 15.1 Å². The molecule has 1 aromatic heterocycles. The lowest BCUT2D eigenvalue weighted by atomic mass is 9.86. The van der Waals surface area contributed by atoms with E-state index >= 15 is 0 Å². The standard InChI is InChI=1S/C17H21N3O3/c1-11-6-2-5-9-14(11)18-15(21)10-20-17(23)13-8-4-3-7-12(13)16(22)19-20/h3-4,7-8,11,14H,2,5-6,9-10H2,1H3,(H,18,21)(H,19,22)/t11-,14-/m0/s1. The van der Waals surface area contributed by atoms with Gasteiger partial charge in [-0.25, -0.2) is 4.68 Å². The van der Waals surface area contributed by atoms with Crippen molar-refractivity contribution >= 4 is 16.7 Å². The fourth-order valence-corrected chi connectivity index (χ4v) is 3.28. The molecule has 2 aromatic rings. The number of carbonyl (C=O) groups is 1. The fourth-order valence-electron chi connectivity index (χ4n) is 3.28. The Morgan fingerprint density at radius 2 is 1.91 bits per heavy atom. The molecular formula is C17H21N3O3. The summed E-state index contributed by atoms with van der Waals surface area (Å²) in [6.07, 6.45) is 4.39. The highest BCUT2D eigenvalue weighted by molar-refractivity contribution is 5.81. The average Bonchev–Trinajstić information content (AvgIpc) is 2.54. The summed E-state index contributed by atoms with van der Waals surface area (Å²) in [5, 5.41) is 6.15. The van der Waals surface area contributed by atoms with Gasteiger partial charge in [0.2, 0.25) is 5.91 Å². The second-order valence-corrected chi connectivity index (χ2v) is 6.31. The molecule has 6 nitrogen and oxygen atoms in total. The van der Waals surface area contributed by atoms with Crippen molar-refractivity contribution in [3.63, 3.8) is 0 Å². The van der Waals surface area contributed by atoms with Gasteiger partial charge in [0.1, 0.15) is 6.54 Å². The van der Waals surface area contributed by atoms with Crippen molar-refractivity contribution in [3.05, 3.63) is 45.0 Å². The molecule has 1 aliphatic rings. The highest BCUT2D eigenvalue weighted by Gasteiger charge is 2.23. The Morgan fingerprint density at radius 1 is 1.22 bits per heavy atom. The van der Waals surface area contributed by atoms with Crippen LogP contribution >= 0.6 is 0 Å². The van der Waals surface area contributed by atoms with Gasteiger partial charge in [-0.15, -0.1) is 0 Å². The van der Waals surface area contributed by atoms with Gasteiger partial charge in [0.05, 0.1) is 10.8 Å². The monoisotopic (exact) mass is 315 g/mol. The first-order chi connectivity index (χ1) is 11.1. The summed E-state index contributed by atoms with van der Waals surface area (Å²) in [5.41, 5.74) is -0.717. The highest BCUT2D eigenvalue weighted by atomic mass is 16.2. The number of rotatable bonds is 3. The van der Waals surface area contributed by atoms with Crippen LogP contribution in [0.5, 0.6) is 0 Å². The lowest BCUT2D eigenvalue weighted by Crippen LogP contribution is -2.44. The molecule has 0 unspecified atom stereocenters. The van der Waals surface area contributed by atoms with E-state index < -0.39 is 0 Å². The number of hydrogen-bond acceptors (Lipinski definition) is 3. The molecule has 2 atom stereocenters. The molecule has 6 heteroatoms. The van der Waals surface area contributed by atoms with E-state index in [-0.39, 0.29) is 29.6 Å². The summed E-state index contributed by atoms with van der Waals surface area (Å²) in [5.74, 6) is 0.205. The molecular weight excluding hydrogens is 294 g/mol. The van der Waals surface area contributed by atoms with Gasteiger partial charge < -0.3 is 5.32 Å². The Balaban J connectivity index is 1.81. The minimum absolute atomic E-state index is 0.152. The molecule has 23 heavy (non-hydrogen) atoms. The third-order valence-corrected chi connectivity index (χ3v) is 4.64. The van der Waals surface area contributed by atoms with E-state index in [1.807, 2.05) is 0 Å². The molecule has 1 aliphatic carbocycles. The van der Waals surface area contributed by atoms with Crippen molar-refractivity contribution in [2.24, 2.45) is 5.92 Å². The number of fused-ring (bicyclic) bond motifs is 1. The quantitative estimate of drug-likeness (QED) is 0.897. The smallest absolute Gasteiger partial charge is 0.273 e. The molecule has 0 spiro atoms. The Labute approximate surface area is 133 Å². The van der Waals surface area contributed by atoms with E-state index in [2.05, 4.69) is 17.3 Å². The zero-order valence-corrected chi connectivity index (χ0v) is 13.2. The molecule has 0 saturated heterocycles. The molecule has 3 rings (SSSR count). The molecule has 0 aliphatic heterocycles. The normalized spacial score (nSPS) is 21.3. The number of amides is 1. The van der Waals surface area contributed by atoms with Crippen molar-refractivity contribution < 1.29 is 4.79 Å². The van der Waals surface area contributed by atoms with Gasteiger partial charge in [0.25, 0.3) is 11.1 Å². The van der Waals surface area contributed by atoms with Crippen LogP contribution in [0.3, 0.4) is 0 Å². The second-order valence-electron chi connectivity index (χ2n) is 6.31. The molecule has 0 bridgehead atoms. The van der Waals surface area contributed by atoms with E-state index in [1.54, 1.807) is 24.3 Å². The Hall–Kier alpha value is -2.37. The third-order valence-electron chi connectivity index (χ3n) is 4.64. The number of hydrogen-bond donors (Lipinski definition) is 2. The maximum Gasteiger partial charge on any atom is 0.273 e. The van der Waals surface area contributed by atoms with Crippen LogP contribution in [0.1, 0.15) is 32.6 Å². The van der Waals surface area contributed by atoms with Crippen molar-refractivity contribution in [3.8, 4) is 0 Å². The Morgan fingerprint density at radius 3 is 2.65 bits per heavy atom. The summed E-state index contributed by atoms with van der Waals surface area (Å²) in [4.78, 5) is 36.6. The number of nitrogens with one attached hydrogen (secondary N) is 2. The maximum absolute atomic E-state index is 12.4. The summed E-state index contributed by atoms with van der Waals surface area (Å²) in [6, 6.07) is 6.77. The van der Waals surface area contributed by atoms with E-state index in [1.165, 1.54) is 6.42 Å².